The van der Waals surface area contributed by atoms with Crippen molar-refractivity contribution in [3.05, 3.63) is 64.7 Å². The number of carbonyl (C=O) groups excluding carboxylic acids is 3. The number of hydrogen-bond acceptors (Lipinski definition) is 4. The fourth-order valence-electron chi connectivity index (χ4n) is 2.67. The minimum absolute atomic E-state index is 0.316. The molecule has 2 amide bonds. The molecular formula is C18H15NO4. The Balaban J connectivity index is 1.74. The lowest BCUT2D eigenvalue weighted by atomic mass is 10.1. The number of carbonyl (C=O) groups is 3. The molecule has 3 rings (SSSR count). The fraction of sp³-hybridized carbons (Fsp3) is 0.167. The van der Waals surface area contributed by atoms with Gasteiger partial charge in [-0.3, -0.25) is 14.5 Å². The lowest BCUT2D eigenvalue weighted by Gasteiger charge is -2.13. The van der Waals surface area contributed by atoms with Gasteiger partial charge in [-0.1, -0.05) is 18.2 Å². The SMILES string of the molecule is Cc1cc(C)cc(OC(=O)CN2C(=O)c3ccccc3C2=O)c1. The van der Waals surface area contributed by atoms with E-state index in [1.807, 2.05) is 19.9 Å². The predicted molar refractivity (Wildman–Crippen MR) is 83.4 cm³/mol. The third kappa shape index (κ3) is 2.85. The number of esters is 1. The van der Waals surface area contributed by atoms with Crippen molar-refractivity contribution in [2.24, 2.45) is 0 Å². The van der Waals surface area contributed by atoms with Gasteiger partial charge in [0.2, 0.25) is 0 Å². The number of aryl methyl sites for hydroxylation is 2. The second-order valence-electron chi connectivity index (χ2n) is 5.54. The summed E-state index contributed by atoms with van der Waals surface area (Å²) in [5.74, 6) is -1.18. The standard InChI is InChI=1S/C18H15NO4/c1-11-7-12(2)9-13(8-11)23-16(20)10-19-17(21)14-5-3-4-6-15(14)18(19)22/h3-9H,10H2,1-2H3. The maximum atomic E-state index is 12.2. The van der Waals surface area contributed by atoms with E-state index < -0.39 is 24.3 Å². The van der Waals surface area contributed by atoms with Crippen LogP contribution < -0.4 is 4.74 Å². The highest BCUT2D eigenvalue weighted by molar-refractivity contribution is 6.22. The Morgan fingerprint density at radius 1 is 0.957 bits per heavy atom. The Hall–Kier alpha value is -2.95. The molecule has 2 aromatic rings. The Kier molecular flexibility index (Phi) is 3.70. The molecular weight excluding hydrogens is 294 g/mol. The molecule has 23 heavy (non-hydrogen) atoms. The molecule has 0 fully saturated rings. The van der Waals surface area contributed by atoms with Gasteiger partial charge in [-0.2, -0.15) is 0 Å². The summed E-state index contributed by atoms with van der Waals surface area (Å²) in [4.78, 5) is 37.4. The van der Waals surface area contributed by atoms with Crippen molar-refractivity contribution in [1.29, 1.82) is 0 Å². The highest BCUT2D eigenvalue weighted by Gasteiger charge is 2.36. The van der Waals surface area contributed by atoms with E-state index in [1.54, 1.807) is 36.4 Å². The van der Waals surface area contributed by atoms with Crippen LogP contribution in [0.1, 0.15) is 31.8 Å². The fourth-order valence-corrected chi connectivity index (χ4v) is 2.67. The molecule has 116 valence electrons. The van der Waals surface area contributed by atoms with E-state index in [0.29, 0.717) is 16.9 Å². The second kappa shape index (κ2) is 5.68. The van der Waals surface area contributed by atoms with Crippen molar-refractivity contribution in [2.45, 2.75) is 13.8 Å². The van der Waals surface area contributed by atoms with Crippen LogP contribution in [0.25, 0.3) is 0 Å². The van der Waals surface area contributed by atoms with E-state index in [2.05, 4.69) is 0 Å². The second-order valence-corrected chi connectivity index (χ2v) is 5.54. The maximum Gasteiger partial charge on any atom is 0.331 e. The first kappa shape index (κ1) is 15.0. The van der Waals surface area contributed by atoms with Crippen LogP contribution in [0.4, 0.5) is 0 Å². The lowest BCUT2D eigenvalue weighted by Crippen LogP contribution is -2.36. The van der Waals surface area contributed by atoms with Crippen LogP contribution in [0.15, 0.2) is 42.5 Å². The van der Waals surface area contributed by atoms with Crippen molar-refractivity contribution in [3.63, 3.8) is 0 Å². The number of nitrogens with zero attached hydrogens (tertiary/aromatic N) is 1. The Labute approximate surface area is 133 Å². The van der Waals surface area contributed by atoms with Gasteiger partial charge >= 0.3 is 5.97 Å². The van der Waals surface area contributed by atoms with Gasteiger partial charge in [0, 0.05) is 0 Å². The van der Waals surface area contributed by atoms with Crippen molar-refractivity contribution < 1.29 is 19.1 Å². The molecule has 5 heteroatoms. The molecule has 0 aliphatic carbocycles. The number of benzene rings is 2. The van der Waals surface area contributed by atoms with Gasteiger partial charge in [-0.15, -0.1) is 0 Å². The third-order valence-corrected chi connectivity index (χ3v) is 3.59. The van der Waals surface area contributed by atoms with Crippen LogP contribution in [0.2, 0.25) is 0 Å². The van der Waals surface area contributed by atoms with E-state index in [1.165, 1.54) is 0 Å². The molecule has 0 bridgehead atoms. The predicted octanol–water partition coefficient (Wildman–Crippen LogP) is 2.51. The van der Waals surface area contributed by atoms with Crippen LogP contribution in [0.3, 0.4) is 0 Å². The summed E-state index contributed by atoms with van der Waals surface area (Å²) in [6, 6.07) is 11.9. The third-order valence-electron chi connectivity index (χ3n) is 3.59. The molecule has 0 radical (unpaired) electrons. The van der Waals surface area contributed by atoms with Crippen molar-refractivity contribution in [1.82, 2.24) is 4.90 Å². The summed E-state index contributed by atoms with van der Waals surface area (Å²) in [6.45, 7) is 3.39. The van der Waals surface area contributed by atoms with Gasteiger partial charge in [0.05, 0.1) is 11.1 Å². The van der Waals surface area contributed by atoms with Gasteiger partial charge < -0.3 is 4.74 Å². The zero-order valence-electron chi connectivity index (χ0n) is 12.8. The van der Waals surface area contributed by atoms with Gasteiger partial charge in [0.25, 0.3) is 11.8 Å². The van der Waals surface area contributed by atoms with Crippen LogP contribution in [-0.2, 0) is 4.79 Å². The lowest BCUT2D eigenvalue weighted by molar-refractivity contribution is -0.134. The zero-order chi connectivity index (χ0) is 16.6. The first-order chi connectivity index (χ1) is 11.0. The van der Waals surface area contributed by atoms with Gasteiger partial charge in [-0.25, -0.2) is 4.79 Å². The average molecular weight is 309 g/mol. The van der Waals surface area contributed by atoms with Crippen LogP contribution in [0.5, 0.6) is 5.75 Å². The molecule has 0 unspecified atom stereocenters. The van der Waals surface area contributed by atoms with E-state index in [-0.39, 0.29) is 0 Å². The van der Waals surface area contributed by atoms with Crippen LogP contribution >= 0.6 is 0 Å². The van der Waals surface area contributed by atoms with Crippen molar-refractivity contribution in [3.8, 4) is 5.75 Å². The molecule has 5 nitrogen and oxygen atoms in total. The molecule has 0 saturated carbocycles. The summed E-state index contributed by atoms with van der Waals surface area (Å²) in [7, 11) is 0. The Bertz CT molecular complexity index is 770. The molecule has 0 spiro atoms. The first-order valence-corrected chi connectivity index (χ1v) is 7.20. The normalized spacial score (nSPS) is 13.2. The highest BCUT2D eigenvalue weighted by Crippen LogP contribution is 2.22. The van der Waals surface area contributed by atoms with Gasteiger partial charge in [0.1, 0.15) is 12.3 Å². The molecule has 2 aromatic carbocycles. The number of ether oxygens (including phenoxy) is 1. The van der Waals surface area contributed by atoms with E-state index in [0.717, 1.165) is 16.0 Å². The molecule has 1 aliphatic rings. The largest absolute Gasteiger partial charge is 0.425 e. The monoisotopic (exact) mass is 309 g/mol. The van der Waals surface area contributed by atoms with Crippen molar-refractivity contribution >= 4 is 17.8 Å². The smallest absolute Gasteiger partial charge is 0.331 e. The highest BCUT2D eigenvalue weighted by atomic mass is 16.5. The average Bonchev–Trinajstić information content (AvgIpc) is 2.72. The van der Waals surface area contributed by atoms with E-state index >= 15 is 0 Å². The molecule has 1 aliphatic heterocycles. The number of hydrogen-bond donors (Lipinski definition) is 0. The summed E-state index contributed by atoms with van der Waals surface area (Å²) >= 11 is 0. The minimum atomic E-state index is -0.649. The summed E-state index contributed by atoms with van der Waals surface area (Å²) in [6.07, 6.45) is 0. The number of rotatable bonds is 3. The molecule has 0 aromatic heterocycles. The number of imide groups is 1. The quantitative estimate of drug-likeness (QED) is 0.496. The zero-order valence-corrected chi connectivity index (χ0v) is 12.8. The molecule has 0 saturated heterocycles. The number of amides is 2. The number of fused-ring (bicyclic) bond motifs is 1. The van der Waals surface area contributed by atoms with E-state index in [4.69, 9.17) is 4.74 Å². The molecule has 1 heterocycles. The van der Waals surface area contributed by atoms with Gasteiger partial charge in [0.15, 0.2) is 0 Å². The van der Waals surface area contributed by atoms with Crippen LogP contribution in [0, 0.1) is 13.8 Å². The van der Waals surface area contributed by atoms with Crippen molar-refractivity contribution in [2.75, 3.05) is 6.54 Å². The Morgan fingerprint density at radius 3 is 2.00 bits per heavy atom. The first-order valence-electron chi connectivity index (χ1n) is 7.20. The Morgan fingerprint density at radius 2 is 1.48 bits per heavy atom. The minimum Gasteiger partial charge on any atom is -0.425 e. The summed E-state index contributed by atoms with van der Waals surface area (Å²) in [5, 5.41) is 0. The summed E-state index contributed by atoms with van der Waals surface area (Å²) in [5.41, 5.74) is 2.57. The molecule has 0 atom stereocenters. The summed E-state index contributed by atoms with van der Waals surface area (Å²) < 4.78 is 5.25. The topological polar surface area (TPSA) is 63.7 Å². The van der Waals surface area contributed by atoms with Gasteiger partial charge in [-0.05, 0) is 49.2 Å². The maximum absolute atomic E-state index is 12.2. The molecule has 0 N–H and O–H groups in total. The van der Waals surface area contributed by atoms with E-state index in [9.17, 15) is 14.4 Å². The van der Waals surface area contributed by atoms with Crippen LogP contribution in [-0.4, -0.2) is 29.2 Å².